The number of rotatable bonds is 6. The van der Waals surface area contributed by atoms with Gasteiger partial charge in [0.1, 0.15) is 5.00 Å². The standard InChI is InChI=1S/C29H26N2O4S/c1-2-20(18-9-4-3-5-10-18)26(32)30-27-25(29(34)35)23-15-16-31(17-24(23)36-27)28(33)22-14-8-12-19-11-6-7-13-21(19)22/h3-14,20H,2,15-17H2,1H3,(H,30,32)(H,34,35). The lowest BCUT2D eigenvalue weighted by Crippen LogP contribution is -2.35. The molecule has 0 spiro atoms. The van der Waals surface area contributed by atoms with Gasteiger partial charge in [-0.15, -0.1) is 11.3 Å². The molecule has 4 aromatic rings. The third-order valence-corrected chi connectivity index (χ3v) is 7.87. The summed E-state index contributed by atoms with van der Waals surface area (Å²) in [6, 6.07) is 23.0. The molecule has 36 heavy (non-hydrogen) atoms. The van der Waals surface area contributed by atoms with Crippen LogP contribution in [0.25, 0.3) is 10.8 Å². The summed E-state index contributed by atoms with van der Waals surface area (Å²) >= 11 is 1.26. The molecule has 1 unspecified atom stereocenters. The number of fused-ring (bicyclic) bond motifs is 2. The van der Waals surface area contributed by atoms with Crippen LogP contribution in [-0.2, 0) is 17.8 Å². The molecule has 2 heterocycles. The Morgan fingerprint density at radius 2 is 1.72 bits per heavy atom. The van der Waals surface area contributed by atoms with Gasteiger partial charge in [-0.05, 0) is 40.8 Å². The first-order chi connectivity index (χ1) is 17.5. The summed E-state index contributed by atoms with van der Waals surface area (Å²) in [5.41, 5.74) is 2.37. The van der Waals surface area contributed by atoms with Crippen LogP contribution in [0.5, 0.6) is 0 Å². The van der Waals surface area contributed by atoms with Crippen molar-refractivity contribution in [3.8, 4) is 0 Å². The maximum atomic E-state index is 13.5. The zero-order valence-corrected chi connectivity index (χ0v) is 20.7. The number of carboxylic acid groups (broad SMARTS) is 1. The molecule has 0 bridgehead atoms. The van der Waals surface area contributed by atoms with Crippen LogP contribution >= 0.6 is 11.3 Å². The van der Waals surface area contributed by atoms with E-state index in [2.05, 4.69) is 5.32 Å². The van der Waals surface area contributed by atoms with Crippen LogP contribution in [0.4, 0.5) is 5.00 Å². The summed E-state index contributed by atoms with van der Waals surface area (Å²) in [5.74, 6) is -1.75. The highest BCUT2D eigenvalue weighted by molar-refractivity contribution is 7.17. The fraction of sp³-hybridized carbons (Fsp3) is 0.207. The summed E-state index contributed by atoms with van der Waals surface area (Å²) in [5, 5.41) is 15.1. The average molecular weight is 499 g/mol. The first-order valence-electron chi connectivity index (χ1n) is 12.0. The second-order valence-electron chi connectivity index (χ2n) is 8.88. The molecule has 3 aromatic carbocycles. The van der Waals surface area contributed by atoms with Gasteiger partial charge in [-0.25, -0.2) is 4.79 Å². The second kappa shape index (κ2) is 9.95. The maximum Gasteiger partial charge on any atom is 0.339 e. The number of nitrogens with zero attached hydrogens (tertiary/aromatic N) is 1. The molecule has 6 nitrogen and oxygen atoms in total. The number of hydrogen-bond acceptors (Lipinski definition) is 4. The van der Waals surface area contributed by atoms with E-state index in [1.54, 1.807) is 4.90 Å². The number of thiophene rings is 1. The van der Waals surface area contributed by atoms with E-state index in [9.17, 15) is 19.5 Å². The Kier molecular flexibility index (Phi) is 6.57. The van der Waals surface area contributed by atoms with Gasteiger partial charge >= 0.3 is 5.97 Å². The zero-order chi connectivity index (χ0) is 25.2. The lowest BCUT2D eigenvalue weighted by molar-refractivity contribution is -0.117. The van der Waals surface area contributed by atoms with E-state index >= 15 is 0 Å². The number of anilines is 1. The second-order valence-corrected chi connectivity index (χ2v) is 9.98. The molecule has 7 heteroatoms. The van der Waals surface area contributed by atoms with Crippen molar-refractivity contribution in [3.05, 3.63) is 99.9 Å². The number of amides is 2. The summed E-state index contributed by atoms with van der Waals surface area (Å²) in [7, 11) is 0. The van der Waals surface area contributed by atoms with Crippen LogP contribution in [0.15, 0.2) is 72.8 Å². The quantitative estimate of drug-likeness (QED) is 0.345. The number of nitrogens with one attached hydrogen (secondary N) is 1. The number of carbonyl (C=O) groups excluding carboxylic acids is 2. The Bertz CT molecular complexity index is 1460. The number of benzene rings is 3. The Balaban J connectivity index is 1.42. The fourth-order valence-corrected chi connectivity index (χ4v) is 6.19. The molecule has 5 rings (SSSR count). The highest BCUT2D eigenvalue weighted by Gasteiger charge is 2.32. The van der Waals surface area contributed by atoms with E-state index in [0.717, 1.165) is 21.2 Å². The van der Waals surface area contributed by atoms with Gasteiger partial charge in [0.15, 0.2) is 0 Å². The van der Waals surface area contributed by atoms with Gasteiger partial charge in [0.25, 0.3) is 5.91 Å². The lowest BCUT2D eigenvalue weighted by Gasteiger charge is -2.27. The highest BCUT2D eigenvalue weighted by Crippen LogP contribution is 2.38. The van der Waals surface area contributed by atoms with Crippen LogP contribution in [-0.4, -0.2) is 34.3 Å². The van der Waals surface area contributed by atoms with Crippen LogP contribution in [0.2, 0.25) is 0 Å². The molecule has 1 atom stereocenters. The highest BCUT2D eigenvalue weighted by atomic mass is 32.1. The molecule has 1 aromatic heterocycles. The molecule has 2 amide bonds. The molecule has 0 saturated carbocycles. The van der Waals surface area contributed by atoms with Crippen molar-refractivity contribution in [2.75, 3.05) is 11.9 Å². The molecule has 182 valence electrons. The molecule has 1 aliphatic rings. The largest absolute Gasteiger partial charge is 0.478 e. The van der Waals surface area contributed by atoms with E-state index in [1.807, 2.05) is 79.7 Å². The molecule has 0 fully saturated rings. The topological polar surface area (TPSA) is 86.7 Å². The Morgan fingerprint density at radius 3 is 2.47 bits per heavy atom. The first-order valence-corrected chi connectivity index (χ1v) is 12.8. The zero-order valence-electron chi connectivity index (χ0n) is 19.9. The van der Waals surface area contributed by atoms with Crippen molar-refractivity contribution in [1.29, 1.82) is 0 Å². The first kappa shape index (κ1) is 23.8. The number of carboxylic acids is 1. The predicted octanol–water partition coefficient (Wildman–Crippen LogP) is 5.93. The van der Waals surface area contributed by atoms with E-state index in [0.29, 0.717) is 42.1 Å². The van der Waals surface area contributed by atoms with Gasteiger partial charge in [0.05, 0.1) is 18.0 Å². The smallest absolute Gasteiger partial charge is 0.339 e. The van der Waals surface area contributed by atoms with Crippen molar-refractivity contribution >= 4 is 44.9 Å². The van der Waals surface area contributed by atoms with Gasteiger partial charge in [0, 0.05) is 17.0 Å². The van der Waals surface area contributed by atoms with Crippen molar-refractivity contribution in [2.45, 2.75) is 32.2 Å². The third-order valence-electron chi connectivity index (χ3n) is 6.74. The molecule has 0 radical (unpaired) electrons. The SMILES string of the molecule is CCC(C(=O)Nc1sc2c(c1C(=O)O)CCN(C(=O)c1cccc3ccccc13)C2)c1ccccc1. The van der Waals surface area contributed by atoms with Gasteiger partial charge < -0.3 is 15.3 Å². The van der Waals surface area contributed by atoms with E-state index in [1.165, 1.54) is 11.3 Å². The molecule has 1 aliphatic heterocycles. The van der Waals surface area contributed by atoms with Gasteiger partial charge in [-0.1, -0.05) is 73.7 Å². The van der Waals surface area contributed by atoms with Crippen molar-refractivity contribution < 1.29 is 19.5 Å². The molecular weight excluding hydrogens is 472 g/mol. The number of aromatic carboxylic acids is 1. The molecule has 0 saturated heterocycles. The van der Waals surface area contributed by atoms with Gasteiger partial charge in [-0.3, -0.25) is 9.59 Å². The summed E-state index contributed by atoms with van der Waals surface area (Å²) < 4.78 is 0. The van der Waals surface area contributed by atoms with Gasteiger partial charge in [0.2, 0.25) is 5.91 Å². The monoisotopic (exact) mass is 498 g/mol. The molecule has 2 N–H and O–H groups in total. The Labute approximate surface area is 213 Å². The van der Waals surface area contributed by atoms with Crippen LogP contribution in [0.3, 0.4) is 0 Å². The van der Waals surface area contributed by atoms with Crippen molar-refractivity contribution in [3.63, 3.8) is 0 Å². The molecular formula is C29H26N2O4S. The summed E-state index contributed by atoms with van der Waals surface area (Å²) in [6.07, 6.45) is 1.02. The molecule has 0 aliphatic carbocycles. The minimum atomic E-state index is -1.07. The summed E-state index contributed by atoms with van der Waals surface area (Å²) in [4.78, 5) is 41.4. The van der Waals surface area contributed by atoms with Crippen molar-refractivity contribution in [2.24, 2.45) is 0 Å². The Morgan fingerprint density at radius 1 is 1.00 bits per heavy atom. The third kappa shape index (κ3) is 4.38. The van der Waals surface area contributed by atoms with Crippen LogP contribution in [0, 0.1) is 0 Å². The average Bonchev–Trinajstić information content (AvgIpc) is 3.26. The number of hydrogen-bond donors (Lipinski definition) is 2. The lowest BCUT2D eigenvalue weighted by atomic mass is 9.95. The minimum absolute atomic E-state index is 0.0802. The van der Waals surface area contributed by atoms with E-state index in [4.69, 9.17) is 0 Å². The maximum absolute atomic E-state index is 13.5. The summed E-state index contributed by atoms with van der Waals surface area (Å²) in [6.45, 7) is 2.67. The van der Waals surface area contributed by atoms with Crippen LogP contribution < -0.4 is 5.32 Å². The minimum Gasteiger partial charge on any atom is -0.478 e. The fourth-order valence-electron chi connectivity index (χ4n) is 4.93. The predicted molar refractivity (Wildman–Crippen MR) is 142 cm³/mol. The van der Waals surface area contributed by atoms with E-state index < -0.39 is 5.97 Å². The number of carbonyl (C=O) groups is 3. The normalized spacial score (nSPS) is 13.8. The van der Waals surface area contributed by atoms with Gasteiger partial charge in [-0.2, -0.15) is 0 Å². The Hall–Kier alpha value is -3.97. The van der Waals surface area contributed by atoms with E-state index in [-0.39, 0.29) is 23.3 Å². The van der Waals surface area contributed by atoms with Crippen molar-refractivity contribution in [1.82, 2.24) is 4.90 Å². The van der Waals surface area contributed by atoms with Crippen LogP contribution in [0.1, 0.15) is 56.0 Å².